The second-order valence-corrected chi connectivity index (χ2v) is 9.22. The number of ether oxygens (including phenoxy) is 1. The number of benzene rings is 1. The fraction of sp³-hybridized carbons (Fsp3) is 0.583. The number of hydrogen-bond donors (Lipinski definition) is 0. The Bertz CT molecular complexity index is 999. The molecule has 4 rings (SSSR count). The van der Waals surface area contributed by atoms with Gasteiger partial charge >= 0.3 is 12.1 Å². The van der Waals surface area contributed by atoms with Crippen molar-refractivity contribution in [1.29, 1.82) is 0 Å². The van der Waals surface area contributed by atoms with Gasteiger partial charge in [0, 0.05) is 32.0 Å². The predicted molar refractivity (Wildman–Crippen MR) is 113 cm³/mol. The fourth-order valence-electron chi connectivity index (χ4n) is 4.92. The van der Waals surface area contributed by atoms with E-state index in [1.165, 1.54) is 17.0 Å². The number of nitrogens with zero attached hydrogens (tertiary/aromatic N) is 2. The van der Waals surface area contributed by atoms with Crippen molar-refractivity contribution in [2.75, 3.05) is 19.7 Å². The van der Waals surface area contributed by atoms with E-state index in [9.17, 15) is 32.3 Å². The van der Waals surface area contributed by atoms with Crippen LogP contribution in [-0.4, -0.2) is 59.2 Å². The van der Waals surface area contributed by atoms with E-state index in [0.717, 1.165) is 17.0 Å². The van der Waals surface area contributed by atoms with E-state index >= 15 is 0 Å². The molecular weight excluding hydrogens is 453 g/mol. The van der Waals surface area contributed by atoms with Gasteiger partial charge in [-0.2, -0.15) is 13.2 Å². The minimum atomic E-state index is -4.63. The monoisotopic (exact) mass is 480 g/mol. The van der Waals surface area contributed by atoms with Crippen molar-refractivity contribution in [2.45, 2.75) is 63.1 Å². The van der Waals surface area contributed by atoms with Crippen LogP contribution in [0.3, 0.4) is 0 Å². The Balaban J connectivity index is 1.59. The Morgan fingerprint density at radius 3 is 2.38 bits per heavy atom. The first-order chi connectivity index (χ1) is 16.1. The van der Waals surface area contributed by atoms with Crippen molar-refractivity contribution in [3.8, 4) is 0 Å². The standard InChI is InChI=1S/C24H27F3N2O5/c1-2-34-21(32)15-8-10-28(11-9-15)19(30)13-23(14-20(31)29(22(23)33)18-6-7-18)16-4-3-5-17(12-16)24(25,26)27/h3-5,12,15,18H,2,6-11,13-14H2,1H3/t23-/m0/s1. The van der Waals surface area contributed by atoms with Crippen LogP contribution in [0.25, 0.3) is 0 Å². The van der Waals surface area contributed by atoms with E-state index in [1.807, 2.05) is 0 Å². The molecule has 0 aromatic heterocycles. The summed E-state index contributed by atoms with van der Waals surface area (Å²) >= 11 is 0. The molecular formula is C24H27F3N2O5. The molecule has 7 nitrogen and oxygen atoms in total. The summed E-state index contributed by atoms with van der Waals surface area (Å²) < 4.78 is 45.3. The first-order valence-electron chi connectivity index (χ1n) is 11.6. The van der Waals surface area contributed by atoms with E-state index in [2.05, 4.69) is 0 Å². The van der Waals surface area contributed by atoms with Crippen LogP contribution < -0.4 is 0 Å². The molecule has 2 heterocycles. The number of hydrogen-bond acceptors (Lipinski definition) is 5. The van der Waals surface area contributed by atoms with Crippen LogP contribution >= 0.6 is 0 Å². The van der Waals surface area contributed by atoms with Gasteiger partial charge < -0.3 is 9.64 Å². The van der Waals surface area contributed by atoms with Crippen LogP contribution in [0.1, 0.15) is 56.6 Å². The quantitative estimate of drug-likeness (QED) is 0.462. The van der Waals surface area contributed by atoms with Crippen LogP contribution in [0, 0.1) is 5.92 Å². The molecule has 3 amide bonds. The topological polar surface area (TPSA) is 84.0 Å². The molecule has 1 aromatic carbocycles. The van der Waals surface area contributed by atoms with Crippen LogP contribution in [0.2, 0.25) is 0 Å². The molecule has 0 radical (unpaired) electrons. The predicted octanol–water partition coefficient (Wildman–Crippen LogP) is 3.06. The SMILES string of the molecule is CCOC(=O)C1CCN(C(=O)C[C@@]2(c3cccc(C(F)(F)F)c3)CC(=O)N(C3CC3)C2=O)CC1. The first kappa shape index (κ1) is 24.2. The number of alkyl halides is 3. The molecule has 2 saturated heterocycles. The smallest absolute Gasteiger partial charge is 0.416 e. The lowest BCUT2D eigenvalue weighted by molar-refractivity contribution is -0.151. The summed E-state index contributed by atoms with van der Waals surface area (Å²) in [7, 11) is 0. The van der Waals surface area contributed by atoms with Gasteiger partial charge in [0.25, 0.3) is 0 Å². The average Bonchev–Trinajstić information content (AvgIpc) is 3.59. The molecule has 34 heavy (non-hydrogen) atoms. The summed E-state index contributed by atoms with van der Waals surface area (Å²) in [5.74, 6) is -2.11. The number of rotatable bonds is 6. The third-order valence-corrected chi connectivity index (χ3v) is 6.92. The van der Waals surface area contributed by atoms with Crippen LogP contribution in [0.4, 0.5) is 13.2 Å². The first-order valence-corrected chi connectivity index (χ1v) is 11.6. The zero-order chi connectivity index (χ0) is 24.7. The third-order valence-electron chi connectivity index (χ3n) is 6.92. The zero-order valence-corrected chi connectivity index (χ0v) is 18.9. The van der Waals surface area contributed by atoms with Crippen molar-refractivity contribution in [3.05, 3.63) is 35.4 Å². The van der Waals surface area contributed by atoms with Gasteiger partial charge in [-0.1, -0.05) is 18.2 Å². The molecule has 0 bridgehead atoms. The van der Waals surface area contributed by atoms with Crippen LogP contribution in [0.5, 0.6) is 0 Å². The summed E-state index contributed by atoms with van der Waals surface area (Å²) in [6, 6.07) is 4.12. The highest BCUT2D eigenvalue weighted by atomic mass is 19.4. The molecule has 0 N–H and O–H groups in total. The molecule has 3 aliphatic rings. The summed E-state index contributed by atoms with van der Waals surface area (Å²) in [4.78, 5) is 54.2. The number of carbonyl (C=O) groups is 4. The summed E-state index contributed by atoms with van der Waals surface area (Å²) in [5.41, 5.74) is -2.58. The number of carbonyl (C=O) groups excluding carboxylic acids is 4. The Morgan fingerprint density at radius 1 is 1.12 bits per heavy atom. The lowest BCUT2D eigenvalue weighted by atomic mass is 9.75. The molecule has 2 aliphatic heterocycles. The minimum absolute atomic E-state index is 0.0265. The average molecular weight is 480 g/mol. The van der Waals surface area contributed by atoms with Gasteiger partial charge in [-0.05, 0) is 44.2 Å². The molecule has 184 valence electrons. The maximum Gasteiger partial charge on any atom is 0.416 e. The van der Waals surface area contributed by atoms with Gasteiger partial charge in [0.15, 0.2) is 0 Å². The number of likely N-dealkylation sites (tertiary alicyclic amines) is 2. The number of halogens is 3. The number of piperidine rings is 1. The highest BCUT2D eigenvalue weighted by Gasteiger charge is 2.57. The summed E-state index contributed by atoms with van der Waals surface area (Å²) in [6.45, 7) is 2.53. The Hall–Kier alpha value is -2.91. The third kappa shape index (κ3) is 4.54. The van der Waals surface area contributed by atoms with Crippen molar-refractivity contribution in [2.24, 2.45) is 5.92 Å². The second kappa shape index (κ2) is 9.03. The molecule has 1 aliphatic carbocycles. The van der Waals surface area contributed by atoms with Gasteiger partial charge in [0.1, 0.15) is 0 Å². The maximum atomic E-state index is 13.5. The number of imide groups is 1. The van der Waals surface area contributed by atoms with Gasteiger partial charge in [0.2, 0.25) is 17.7 Å². The molecule has 0 unspecified atom stereocenters. The molecule has 3 fully saturated rings. The van der Waals surface area contributed by atoms with Gasteiger partial charge in [-0.15, -0.1) is 0 Å². The van der Waals surface area contributed by atoms with E-state index in [4.69, 9.17) is 4.74 Å². The van der Waals surface area contributed by atoms with Gasteiger partial charge in [0.05, 0.1) is 23.5 Å². The Morgan fingerprint density at radius 2 is 1.79 bits per heavy atom. The maximum absolute atomic E-state index is 13.5. The number of esters is 1. The van der Waals surface area contributed by atoms with E-state index in [1.54, 1.807) is 6.92 Å². The molecule has 1 aromatic rings. The summed E-state index contributed by atoms with van der Waals surface area (Å²) in [6.07, 6.45) is -3.24. The molecule has 10 heteroatoms. The molecule has 1 atom stereocenters. The van der Waals surface area contributed by atoms with Crippen molar-refractivity contribution in [1.82, 2.24) is 9.80 Å². The van der Waals surface area contributed by atoms with Crippen LogP contribution in [0.15, 0.2) is 24.3 Å². The van der Waals surface area contributed by atoms with Gasteiger partial charge in [-0.25, -0.2) is 0 Å². The lowest BCUT2D eigenvalue weighted by Crippen LogP contribution is -2.46. The zero-order valence-electron chi connectivity index (χ0n) is 18.9. The minimum Gasteiger partial charge on any atom is -0.466 e. The summed E-state index contributed by atoms with van der Waals surface area (Å²) in [5, 5.41) is 0. The second-order valence-electron chi connectivity index (χ2n) is 9.22. The van der Waals surface area contributed by atoms with E-state index in [-0.39, 0.29) is 49.6 Å². The van der Waals surface area contributed by atoms with E-state index < -0.39 is 41.3 Å². The molecule has 0 spiro atoms. The largest absolute Gasteiger partial charge is 0.466 e. The number of amides is 3. The van der Waals surface area contributed by atoms with Gasteiger partial charge in [-0.3, -0.25) is 24.1 Å². The Labute approximate surface area is 195 Å². The lowest BCUT2D eigenvalue weighted by Gasteiger charge is -2.34. The Kier molecular flexibility index (Phi) is 6.44. The molecule has 1 saturated carbocycles. The van der Waals surface area contributed by atoms with Crippen molar-refractivity contribution >= 4 is 23.7 Å². The fourth-order valence-corrected chi connectivity index (χ4v) is 4.92. The van der Waals surface area contributed by atoms with Crippen molar-refractivity contribution in [3.63, 3.8) is 0 Å². The normalized spacial score (nSPS) is 24.0. The van der Waals surface area contributed by atoms with E-state index in [0.29, 0.717) is 25.7 Å². The van der Waals surface area contributed by atoms with Crippen LogP contribution in [-0.2, 0) is 35.5 Å². The highest BCUT2D eigenvalue weighted by molar-refractivity contribution is 6.11. The van der Waals surface area contributed by atoms with Crippen molar-refractivity contribution < 1.29 is 37.1 Å². The highest BCUT2D eigenvalue weighted by Crippen LogP contribution is 2.45.